The van der Waals surface area contributed by atoms with Gasteiger partial charge in [0, 0.05) is 33.6 Å². The Morgan fingerprint density at radius 1 is 1.29 bits per heavy atom. The number of amides is 1. The van der Waals surface area contributed by atoms with Gasteiger partial charge in [0.2, 0.25) is 5.91 Å². The van der Waals surface area contributed by atoms with Crippen LogP contribution >= 0.6 is 0 Å². The van der Waals surface area contributed by atoms with Gasteiger partial charge in [0.05, 0.1) is 0 Å². The van der Waals surface area contributed by atoms with Crippen LogP contribution in [0.15, 0.2) is 36.9 Å². The number of rotatable bonds is 6. The van der Waals surface area contributed by atoms with Crippen molar-refractivity contribution >= 4 is 11.5 Å². The molecular weight excluding hydrogens is 212 g/mol. The third-order valence-electron chi connectivity index (χ3n) is 2.53. The molecule has 1 aromatic carbocycles. The van der Waals surface area contributed by atoms with Gasteiger partial charge < -0.3 is 10.2 Å². The summed E-state index contributed by atoms with van der Waals surface area (Å²) in [6.07, 6.45) is 0.523. The molecule has 1 aromatic rings. The van der Waals surface area contributed by atoms with E-state index in [-0.39, 0.29) is 5.91 Å². The zero-order valence-corrected chi connectivity index (χ0v) is 10.6. The fourth-order valence-corrected chi connectivity index (χ4v) is 1.43. The Morgan fingerprint density at radius 2 is 1.94 bits per heavy atom. The quantitative estimate of drug-likeness (QED) is 0.758. The van der Waals surface area contributed by atoms with Crippen molar-refractivity contribution in [2.24, 2.45) is 0 Å². The largest absolute Gasteiger partial charge is 0.349 e. The molecule has 3 heteroatoms. The van der Waals surface area contributed by atoms with E-state index >= 15 is 0 Å². The van der Waals surface area contributed by atoms with Gasteiger partial charge in [0.25, 0.3) is 0 Å². The fourth-order valence-electron chi connectivity index (χ4n) is 1.43. The van der Waals surface area contributed by atoms with Crippen LogP contribution in [0.4, 0.5) is 0 Å². The highest BCUT2D eigenvalue weighted by atomic mass is 16.2. The van der Waals surface area contributed by atoms with E-state index in [4.69, 9.17) is 0 Å². The molecule has 0 aliphatic heterocycles. The highest BCUT2D eigenvalue weighted by Crippen LogP contribution is 2.09. The first-order valence-electron chi connectivity index (χ1n) is 5.75. The molecule has 1 rings (SSSR count). The second kappa shape index (κ2) is 6.86. The van der Waals surface area contributed by atoms with Gasteiger partial charge in [0.15, 0.2) is 0 Å². The van der Waals surface area contributed by atoms with Crippen molar-refractivity contribution < 1.29 is 4.79 Å². The molecule has 0 spiro atoms. The average molecular weight is 232 g/mol. The minimum atomic E-state index is 0.142. The summed E-state index contributed by atoms with van der Waals surface area (Å²) >= 11 is 0. The fraction of sp³-hybridized carbons (Fsp3) is 0.357. The standard InChI is InChI=1S/C14H20N2O/c1-12(13-7-5-4-6-8-13)11-15-10-9-14(17)16(2)3/h4-8,15H,1,9-11H2,2-3H3. The van der Waals surface area contributed by atoms with Gasteiger partial charge in [0.1, 0.15) is 0 Å². The molecule has 3 nitrogen and oxygen atoms in total. The zero-order valence-electron chi connectivity index (χ0n) is 10.6. The number of hydrogen-bond donors (Lipinski definition) is 1. The molecule has 0 heterocycles. The molecule has 0 aliphatic carbocycles. The van der Waals surface area contributed by atoms with Crippen LogP contribution in [0.2, 0.25) is 0 Å². The summed E-state index contributed by atoms with van der Waals surface area (Å²) < 4.78 is 0. The average Bonchev–Trinajstić information content (AvgIpc) is 2.35. The summed E-state index contributed by atoms with van der Waals surface area (Å²) in [6.45, 7) is 5.42. The third kappa shape index (κ3) is 4.83. The SMILES string of the molecule is C=C(CNCCC(=O)N(C)C)c1ccccc1. The van der Waals surface area contributed by atoms with Gasteiger partial charge >= 0.3 is 0 Å². The Bertz CT molecular complexity index is 371. The smallest absolute Gasteiger partial charge is 0.223 e. The Kier molecular flexibility index (Phi) is 5.43. The van der Waals surface area contributed by atoms with Crippen LogP contribution in [0.1, 0.15) is 12.0 Å². The lowest BCUT2D eigenvalue weighted by molar-refractivity contribution is -0.128. The third-order valence-corrected chi connectivity index (χ3v) is 2.53. The summed E-state index contributed by atoms with van der Waals surface area (Å²) in [7, 11) is 3.54. The maximum Gasteiger partial charge on any atom is 0.223 e. The monoisotopic (exact) mass is 232 g/mol. The van der Waals surface area contributed by atoms with Crippen molar-refractivity contribution in [2.45, 2.75) is 6.42 Å². The molecule has 1 amide bonds. The topological polar surface area (TPSA) is 32.3 Å². The summed E-state index contributed by atoms with van der Waals surface area (Å²) in [4.78, 5) is 12.9. The summed E-state index contributed by atoms with van der Waals surface area (Å²) in [5, 5.41) is 3.22. The van der Waals surface area contributed by atoms with E-state index in [9.17, 15) is 4.79 Å². The van der Waals surface area contributed by atoms with Crippen molar-refractivity contribution in [1.29, 1.82) is 0 Å². The molecule has 0 atom stereocenters. The summed E-state index contributed by atoms with van der Waals surface area (Å²) in [5.41, 5.74) is 2.18. The molecule has 0 aromatic heterocycles. The van der Waals surface area contributed by atoms with E-state index < -0.39 is 0 Å². The molecule has 0 saturated heterocycles. The second-order valence-corrected chi connectivity index (χ2v) is 4.18. The second-order valence-electron chi connectivity index (χ2n) is 4.18. The summed E-state index contributed by atoms with van der Waals surface area (Å²) in [5.74, 6) is 0.142. The van der Waals surface area contributed by atoms with Crippen molar-refractivity contribution in [2.75, 3.05) is 27.2 Å². The molecule has 0 radical (unpaired) electrons. The van der Waals surface area contributed by atoms with Crippen LogP contribution in [0.5, 0.6) is 0 Å². The minimum absolute atomic E-state index is 0.142. The molecule has 0 bridgehead atoms. The van der Waals surface area contributed by atoms with Crippen molar-refractivity contribution in [3.8, 4) is 0 Å². The lowest BCUT2D eigenvalue weighted by Gasteiger charge is -2.11. The maximum atomic E-state index is 11.3. The number of nitrogens with zero attached hydrogens (tertiary/aromatic N) is 1. The van der Waals surface area contributed by atoms with Crippen molar-refractivity contribution in [1.82, 2.24) is 10.2 Å². The Labute approximate surface area is 103 Å². The molecule has 0 saturated carbocycles. The molecule has 1 N–H and O–H groups in total. The number of benzene rings is 1. The van der Waals surface area contributed by atoms with Crippen LogP contribution in [0.3, 0.4) is 0 Å². The lowest BCUT2D eigenvalue weighted by Crippen LogP contribution is -2.27. The Hall–Kier alpha value is -1.61. The van der Waals surface area contributed by atoms with Crippen LogP contribution in [0.25, 0.3) is 5.57 Å². The van der Waals surface area contributed by atoms with Crippen LogP contribution in [-0.2, 0) is 4.79 Å². The Balaban J connectivity index is 2.24. The van der Waals surface area contributed by atoms with Crippen LogP contribution in [0, 0.1) is 0 Å². The minimum Gasteiger partial charge on any atom is -0.349 e. The molecular formula is C14H20N2O. The molecule has 0 aliphatic rings. The number of nitrogens with one attached hydrogen (secondary N) is 1. The van der Waals surface area contributed by atoms with Crippen LogP contribution in [-0.4, -0.2) is 38.0 Å². The molecule has 92 valence electrons. The lowest BCUT2D eigenvalue weighted by atomic mass is 10.1. The van der Waals surface area contributed by atoms with E-state index in [2.05, 4.69) is 11.9 Å². The van der Waals surface area contributed by atoms with Gasteiger partial charge in [-0.2, -0.15) is 0 Å². The van der Waals surface area contributed by atoms with Gasteiger partial charge in [-0.1, -0.05) is 36.9 Å². The van der Waals surface area contributed by atoms with Crippen molar-refractivity contribution in [3.63, 3.8) is 0 Å². The number of carbonyl (C=O) groups is 1. The van der Waals surface area contributed by atoms with Crippen LogP contribution < -0.4 is 5.32 Å². The zero-order chi connectivity index (χ0) is 12.7. The Morgan fingerprint density at radius 3 is 2.53 bits per heavy atom. The van der Waals surface area contributed by atoms with Crippen molar-refractivity contribution in [3.05, 3.63) is 42.5 Å². The number of hydrogen-bond acceptors (Lipinski definition) is 2. The van der Waals surface area contributed by atoms with E-state index in [1.165, 1.54) is 0 Å². The van der Waals surface area contributed by atoms with Gasteiger partial charge in [-0.25, -0.2) is 0 Å². The predicted molar refractivity (Wildman–Crippen MR) is 71.7 cm³/mol. The predicted octanol–water partition coefficient (Wildman–Crippen LogP) is 1.77. The van der Waals surface area contributed by atoms with Gasteiger partial charge in [-0.05, 0) is 11.1 Å². The van der Waals surface area contributed by atoms with Gasteiger partial charge in [-0.3, -0.25) is 4.79 Å². The summed E-state index contributed by atoms with van der Waals surface area (Å²) in [6, 6.07) is 10.1. The first-order chi connectivity index (χ1) is 8.11. The maximum absolute atomic E-state index is 11.3. The molecule has 17 heavy (non-hydrogen) atoms. The first-order valence-corrected chi connectivity index (χ1v) is 5.75. The van der Waals surface area contributed by atoms with E-state index in [1.54, 1.807) is 19.0 Å². The highest BCUT2D eigenvalue weighted by Gasteiger charge is 2.03. The first kappa shape index (κ1) is 13.5. The van der Waals surface area contributed by atoms with E-state index in [0.717, 1.165) is 11.1 Å². The molecule has 0 fully saturated rings. The highest BCUT2D eigenvalue weighted by molar-refractivity contribution is 5.75. The van der Waals surface area contributed by atoms with Gasteiger partial charge in [-0.15, -0.1) is 0 Å². The van der Waals surface area contributed by atoms with E-state index in [0.29, 0.717) is 19.5 Å². The normalized spacial score (nSPS) is 10.0. The number of carbonyl (C=O) groups excluding carboxylic acids is 1. The van der Waals surface area contributed by atoms with E-state index in [1.807, 2.05) is 30.3 Å². The molecule has 0 unspecified atom stereocenters.